The van der Waals surface area contributed by atoms with E-state index in [-0.39, 0.29) is 18.0 Å². The summed E-state index contributed by atoms with van der Waals surface area (Å²) in [5.74, 6) is 0.588. The first-order valence-corrected chi connectivity index (χ1v) is 7.53. The predicted octanol–water partition coefficient (Wildman–Crippen LogP) is 1.60. The molecule has 22 heavy (non-hydrogen) atoms. The summed E-state index contributed by atoms with van der Waals surface area (Å²) in [5.41, 5.74) is 0.822. The Bertz CT molecular complexity index is 545. The Kier molecular flexibility index (Phi) is 6.29. The lowest BCUT2D eigenvalue weighted by molar-refractivity contribution is -0.121. The summed E-state index contributed by atoms with van der Waals surface area (Å²) in [4.78, 5) is 18.0. The molecule has 0 fully saturated rings. The van der Waals surface area contributed by atoms with Gasteiger partial charge in [0.15, 0.2) is 5.96 Å². The molecule has 0 saturated carbocycles. The van der Waals surface area contributed by atoms with Crippen LogP contribution in [0.3, 0.4) is 0 Å². The van der Waals surface area contributed by atoms with Crippen molar-refractivity contribution in [2.45, 2.75) is 32.9 Å². The summed E-state index contributed by atoms with van der Waals surface area (Å²) in [6, 6.07) is 1.91. The predicted molar refractivity (Wildman–Crippen MR) is 91.1 cm³/mol. The molecular weight excluding hydrogens is 302 g/mol. The zero-order valence-electron chi connectivity index (χ0n) is 14.2. The third kappa shape index (κ3) is 5.97. The molecule has 1 rings (SSSR count). The highest BCUT2D eigenvalue weighted by molar-refractivity contribution is 6.30. The zero-order chi connectivity index (χ0) is 16.9. The van der Waals surface area contributed by atoms with Crippen molar-refractivity contribution in [2.75, 3.05) is 20.6 Å². The van der Waals surface area contributed by atoms with Gasteiger partial charge in [-0.05, 0) is 26.8 Å². The largest absolute Gasteiger partial charge is 0.351 e. The van der Waals surface area contributed by atoms with E-state index in [1.165, 1.54) is 0 Å². The van der Waals surface area contributed by atoms with Crippen LogP contribution < -0.4 is 10.6 Å². The molecule has 0 aromatic carbocycles. The Morgan fingerprint density at radius 2 is 2.09 bits per heavy atom. The van der Waals surface area contributed by atoms with Crippen molar-refractivity contribution in [3.8, 4) is 0 Å². The average molecular weight is 328 g/mol. The molecule has 0 unspecified atom stereocenters. The molecule has 1 amide bonds. The quantitative estimate of drug-likeness (QED) is 0.652. The first kappa shape index (κ1) is 18.4. The van der Waals surface area contributed by atoms with Gasteiger partial charge in [-0.15, -0.1) is 0 Å². The SMILES string of the molecule is CN=C(NCC(=O)NC(C)(C)C)N(C)Cc1cc(Cl)cn1C. The van der Waals surface area contributed by atoms with Gasteiger partial charge in [0.05, 0.1) is 18.1 Å². The standard InChI is InChI=1S/C15H26ClN5O/c1-15(2,3)19-13(22)8-18-14(17-4)21(6)10-12-7-11(16)9-20(12)5/h7,9H,8,10H2,1-6H3,(H,17,18)(H,19,22). The Morgan fingerprint density at radius 3 is 2.55 bits per heavy atom. The Balaban J connectivity index is 2.57. The van der Waals surface area contributed by atoms with E-state index in [1.54, 1.807) is 7.05 Å². The van der Waals surface area contributed by atoms with Crippen LogP contribution >= 0.6 is 11.6 Å². The number of hydrogen-bond donors (Lipinski definition) is 2. The number of halogens is 1. The fraction of sp³-hybridized carbons (Fsp3) is 0.600. The number of nitrogens with one attached hydrogen (secondary N) is 2. The second-order valence-electron chi connectivity index (χ2n) is 6.32. The molecule has 0 aliphatic carbocycles. The summed E-state index contributed by atoms with van der Waals surface area (Å²) in [5, 5.41) is 6.67. The molecule has 0 saturated heterocycles. The van der Waals surface area contributed by atoms with Crippen molar-refractivity contribution in [3.05, 3.63) is 23.0 Å². The van der Waals surface area contributed by atoms with Gasteiger partial charge in [-0.1, -0.05) is 11.6 Å². The number of aryl methyl sites for hydroxylation is 1. The maximum absolute atomic E-state index is 11.8. The van der Waals surface area contributed by atoms with Gasteiger partial charge in [0.1, 0.15) is 0 Å². The maximum atomic E-state index is 11.8. The number of guanidine groups is 1. The van der Waals surface area contributed by atoms with Gasteiger partial charge >= 0.3 is 0 Å². The Morgan fingerprint density at radius 1 is 1.45 bits per heavy atom. The van der Waals surface area contributed by atoms with E-state index in [9.17, 15) is 4.79 Å². The van der Waals surface area contributed by atoms with Gasteiger partial charge in [-0.25, -0.2) is 0 Å². The fourth-order valence-electron chi connectivity index (χ4n) is 2.05. The molecular formula is C15H26ClN5O. The van der Waals surface area contributed by atoms with Crippen molar-refractivity contribution >= 4 is 23.5 Å². The van der Waals surface area contributed by atoms with Crippen LogP contribution in [0.1, 0.15) is 26.5 Å². The van der Waals surface area contributed by atoms with Gasteiger partial charge in [0, 0.05) is 38.6 Å². The van der Waals surface area contributed by atoms with Gasteiger partial charge in [0.25, 0.3) is 0 Å². The highest BCUT2D eigenvalue weighted by Crippen LogP contribution is 2.14. The summed E-state index contributed by atoms with van der Waals surface area (Å²) in [6.45, 7) is 6.67. The van der Waals surface area contributed by atoms with Crippen LogP contribution in [0.25, 0.3) is 0 Å². The van der Waals surface area contributed by atoms with Crippen molar-refractivity contribution in [3.63, 3.8) is 0 Å². The second-order valence-corrected chi connectivity index (χ2v) is 6.75. The number of amides is 1. The lowest BCUT2D eigenvalue weighted by atomic mass is 10.1. The van der Waals surface area contributed by atoms with Crippen molar-refractivity contribution in [2.24, 2.45) is 12.0 Å². The molecule has 2 N–H and O–H groups in total. The summed E-state index contributed by atoms with van der Waals surface area (Å²) in [6.07, 6.45) is 1.86. The summed E-state index contributed by atoms with van der Waals surface area (Å²) < 4.78 is 1.97. The van der Waals surface area contributed by atoms with Crippen molar-refractivity contribution in [1.82, 2.24) is 20.1 Å². The number of carbonyl (C=O) groups excluding carboxylic acids is 1. The zero-order valence-corrected chi connectivity index (χ0v) is 15.0. The van der Waals surface area contributed by atoms with Crippen LogP contribution in [0.15, 0.2) is 17.3 Å². The van der Waals surface area contributed by atoms with Crippen molar-refractivity contribution in [1.29, 1.82) is 0 Å². The van der Waals surface area contributed by atoms with E-state index >= 15 is 0 Å². The first-order valence-electron chi connectivity index (χ1n) is 7.16. The smallest absolute Gasteiger partial charge is 0.239 e. The Labute approximate surface area is 137 Å². The normalized spacial score (nSPS) is 12.2. The molecule has 0 bridgehead atoms. The second kappa shape index (κ2) is 7.54. The molecule has 0 atom stereocenters. The summed E-state index contributed by atoms with van der Waals surface area (Å²) >= 11 is 5.99. The fourth-order valence-corrected chi connectivity index (χ4v) is 2.32. The highest BCUT2D eigenvalue weighted by Gasteiger charge is 2.15. The molecule has 1 aromatic rings. The average Bonchev–Trinajstić information content (AvgIpc) is 2.66. The van der Waals surface area contributed by atoms with Crippen LogP contribution in [0.2, 0.25) is 5.02 Å². The maximum Gasteiger partial charge on any atom is 0.239 e. The van der Waals surface area contributed by atoms with E-state index < -0.39 is 0 Å². The molecule has 0 aliphatic heterocycles. The molecule has 6 nitrogen and oxygen atoms in total. The van der Waals surface area contributed by atoms with E-state index in [0.29, 0.717) is 17.5 Å². The summed E-state index contributed by atoms with van der Waals surface area (Å²) in [7, 11) is 5.55. The minimum Gasteiger partial charge on any atom is -0.351 e. The minimum absolute atomic E-state index is 0.0658. The van der Waals surface area contributed by atoms with Crippen LogP contribution in [-0.4, -0.2) is 47.5 Å². The van der Waals surface area contributed by atoms with E-state index in [1.807, 2.05) is 56.6 Å². The Hall–Kier alpha value is -1.69. The lowest BCUT2D eigenvalue weighted by Gasteiger charge is -2.24. The van der Waals surface area contributed by atoms with E-state index in [0.717, 1.165) is 5.69 Å². The minimum atomic E-state index is -0.242. The molecule has 0 aliphatic rings. The van der Waals surface area contributed by atoms with Crippen LogP contribution in [-0.2, 0) is 18.4 Å². The van der Waals surface area contributed by atoms with Gasteiger partial charge in [-0.3, -0.25) is 9.79 Å². The number of carbonyl (C=O) groups is 1. The molecule has 0 radical (unpaired) electrons. The molecule has 0 spiro atoms. The third-order valence-corrected chi connectivity index (χ3v) is 3.18. The molecule has 1 heterocycles. The van der Waals surface area contributed by atoms with Crippen LogP contribution in [0.5, 0.6) is 0 Å². The van der Waals surface area contributed by atoms with E-state index in [4.69, 9.17) is 11.6 Å². The topological polar surface area (TPSA) is 61.7 Å². The number of rotatable bonds is 4. The lowest BCUT2D eigenvalue weighted by Crippen LogP contribution is -2.48. The number of aliphatic imine (C=N–C) groups is 1. The molecule has 124 valence electrons. The van der Waals surface area contributed by atoms with Crippen LogP contribution in [0.4, 0.5) is 0 Å². The highest BCUT2D eigenvalue weighted by atomic mass is 35.5. The van der Waals surface area contributed by atoms with Gasteiger partial charge in [-0.2, -0.15) is 0 Å². The van der Waals surface area contributed by atoms with Gasteiger partial charge < -0.3 is 20.1 Å². The molecule has 7 heteroatoms. The third-order valence-electron chi connectivity index (χ3n) is 2.97. The number of nitrogens with zero attached hydrogens (tertiary/aromatic N) is 3. The molecule has 1 aromatic heterocycles. The monoisotopic (exact) mass is 327 g/mol. The van der Waals surface area contributed by atoms with Crippen molar-refractivity contribution < 1.29 is 4.79 Å². The number of aromatic nitrogens is 1. The van der Waals surface area contributed by atoms with Gasteiger partial charge in [0.2, 0.25) is 5.91 Å². The first-order chi connectivity index (χ1) is 10.1. The van der Waals surface area contributed by atoms with E-state index in [2.05, 4.69) is 15.6 Å². The van der Waals surface area contributed by atoms with Crippen LogP contribution in [0, 0.1) is 0 Å². The number of hydrogen-bond acceptors (Lipinski definition) is 2.